The summed E-state index contributed by atoms with van der Waals surface area (Å²) in [5, 5.41) is 4.25. The summed E-state index contributed by atoms with van der Waals surface area (Å²) in [6, 6.07) is 5.23. The quantitative estimate of drug-likeness (QED) is 0.674. The average Bonchev–Trinajstić information content (AvgIpc) is 2.81. The topological polar surface area (TPSA) is 90.5 Å². The summed E-state index contributed by atoms with van der Waals surface area (Å²) in [5.74, 6) is -0.641. The highest BCUT2D eigenvalue weighted by molar-refractivity contribution is 6.33. The van der Waals surface area contributed by atoms with Crippen LogP contribution in [0.25, 0.3) is 0 Å². The Bertz CT molecular complexity index is 1110. The lowest BCUT2D eigenvalue weighted by Crippen LogP contribution is -2.49. The Kier molecular flexibility index (Phi) is 6.91. The van der Waals surface area contributed by atoms with Gasteiger partial charge in [-0.25, -0.2) is 0 Å². The summed E-state index contributed by atoms with van der Waals surface area (Å²) < 4.78 is 47.3. The van der Waals surface area contributed by atoms with Crippen molar-refractivity contribution in [1.29, 1.82) is 0 Å². The molecule has 1 aromatic carbocycles. The number of carbonyl (C=O) groups excluding carboxylic acids is 1. The van der Waals surface area contributed by atoms with Crippen LogP contribution in [0.2, 0.25) is 5.02 Å². The summed E-state index contributed by atoms with van der Waals surface area (Å²) in [5.41, 5.74) is 3.81. The predicted molar refractivity (Wildman–Crippen MR) is 121 cm³/mol. The molecule has 2 saturated heterocycles. The van der Waals surface area contributed by atoms with Crippen molar-refractivity contribution in [2.45, 2.75) is 50.9 Å². The number of nitrogens with zero attached hydrogens (tertiary/aromatic N) is 3. The van der Waals surface area contributed by atoms with E-state index in [1.807, 2.05) is 4.90 Å². The predicted octanol–water partition coefficient (Wildman–Crippen LogP) is 3.93. The first-order valence-electron chi connectivity index (χ1n) is 11.2. The van der Waals surface area contributed by atoms with E-state index in [1.54, 1.807) is 0 Å². The van der Waals surface area contributed by atoms with Crippen LogP contribution in [0.3, 0.4) is 0 Å². The van der Waals surface area contributed by atoms with Gasteiger partial charge in [-0.2, -0.15) is 23.0 Å². The van der Waals surface area contributed by atoms with Crippen molar-refractivity contribution in [1.82, 2.24) is 9.78 Å². The van der Waals surface area contributed by atoms with Gasteiger partial charge in [0, 0.05) is 19.7 Å². The maximum Gasteiger partial charge on any atom is 0.416 e. The summed E-state index contributed by atoms with van der Waals surface area (Å²) in [7, 11) is 0. The normalized spacial score (nSPS) is 20.8. The molecular formula is C23H26ClF3N4O3. The molecule has 0 radical (unpaired) electrons. The lowest BCUT2D eigenvalue weighted by Gasteiger charge is -2.41. The number of benzene rings is 1. The number of halogens is 4. The van der Waals surface area contributed by atoms with Gasteiger partial charge in [0.1, 0.15) is 5.02 Å². The number of hydrogen-bond acceptors (Lipinski definition) is 5. The second-order valence-electron chi connectivity index (χ2n) is 8.88. The standard InChI is InChI=1S/C23H26ClF3N4O3/c24-19-17(14-29-31(20(19)32)18-7-3-4-12-34-18)30-10-8-22(9-11-30,21(28)33)13-15-5-1-2-6-16(15)23(25,26)27/h1-2,5-6,14,18H,3-4,7-13H2,(H2,28,33). The summed E-state index contributed by atoms with van der Waals surface area (Å²) in [4.78, 5) is 27.1. The van der Waals surface area contributed by atoms with E-state index >= 15 is 0 Å². The van der Waals surface area contributed by atoms with Crippen molar-refractivity contribution in [3.05, 3.63) is 57.0 Å². The van der Waals surface area contributed by atoms with Crippen molar-refractivity contribution in [3.8, 4) is 0 Å². The molecule has 1 amide bonds. The van der Waals surface area contributed by atoms with Gasteiger partial charge < -0.3 is 15.4 Å². The minimum Gasteiger partial charge on any atom is -0.369 e. The van der Waals surface area contributed by atoms with Crippen LogP contribution in [0.5, 0.6) is 0 Å². The molecule has 1 unspecified atom stereocenters. The smallest absolute Gasteiger partial charge is 0.369 e. The largest absolute Gasteiger partial charge is 0.416 e. The number of hydrogen-bond donors (Lipinski definition) is 1. The number of nitrogens with two attached hydrogens (primary N) is 1. The Hall–Kier alpha value is -2.59. The molecule has 2 aliphatic rings. The molecule has 2 aliphatic heterocycles. The van der Waals surface area contributed by atoms with E-state index < -0.39 is 34.8 Å². The average molecular weight is 499 g/mol. The highest BCUT2D eigenvalue weighted by Gasteiger charge is 2.43. The zero-order valence-corrected chi connectivity index (χ0v) is 19.2. The van der Waals surface area contributed by atoms with Crippen molar-refractivity contribution in [2.75, 3.05) is 24.6 Å². The molecule has 2 N–H and O–H groups in total. The van der Waals surface area contributed by atoms with Gasteiger partial charge in [0.05, 0.1) is 22.9 Å². The first-order valence-corrected chi connectivity index (χ1v) is 11.6. The van der Waals surface area contributed by atoms with Gasteiger partial charge in [-0.3, -0.25) is 9.59 Å². The third-order valence-electron chi connectivity index (χ3n) is 6.79. The van der Waals surface area contributed by atoms with Crippen LogP contribution in [-0.4, -0.2) is 35.4 Å². The fourth-order valence-corrected chi connectivity index (χ4v) is 5.03. The van der Waals surface area contributed by atoms with Crippen molar-refractivity contribution < 1.29 is 22.7 Å². The number of aromatic nitrogens is 2. The number of piperidine rings is 1. The van der Waals surface area contributed by atoms with Crippen LogP contribution in [0.4, 0.5) is 18.9 Å². The van der Waals surface area contributed by atoms with E-state index in [9.17, 15) is 22.8 Å². The number of rotatable bonds is 5. The zero-order valence-electron chi connectivity index (χ0n) is 18.5. The zero-order chi connectivity index (χ0) is 24.5. The molecular weight excluding hydrogens is 473 g/mol. The molecule has 0 aliphatic carbocycles. The van der Waals surface area contributed by atoms with Crippen molar-refractivity contribution in [2.24, 2.45) is 11.1 Å². The van der Waals surface area contributed by atoms with Crippen molar-refractivity contribution in [3.63, 3.8) is 0 Å². The highest BCUT2D eigenvalue weighted by Crippen LogP contribution is 2.41. The summed E-state index contributed by atoms with van der Waals surface area (Å²) >= 11 is 6.40. The number of ether oxygens (including phenoxy) is 1. The van der Waals surface area contributed by atoms with Gasteiger partial charge in [-0.1, -0.05) is 29.8 Å². The molecule has 2 fully saturated rings. The Morgan fingerprint density at radius 1 is 1.24 bits per heavy atom. The van der Waals surface area contributed by atoms with Gasteiger partial charge in [0.2, 0.25) is 5.91 Å². The lowest BCUT2D eigenvalue weighted by atomic mass is 9.72. The number of anilines is 1. The van der Waals surface area contributed by atoms with Crippen LogP contribution in [0, 0.1) is 5.41 Å². The van der Waals surface area contributed by atoms with Gasteiger partial charge in [0.15, 0.2) is 6.23 Å². The molecule has 7 nitrogen and oxygen atoms in total. The molecule has 4 rings (SSSR count). The Balaban J connectivity index is 1.54. The Morgan fingerprint density at radius 2 is 1.94 bits per heavy atom. The molecule has 0 saturated carbocycles. The monoisotopic (exact) mass is 498 g/mol. The molecule has 0 bridgehead atoms. The number of alkyl halides is 3. The second kappa shape index (κ2) is 9.58. The lowest BCUT2D eigenvalue weighted by molar-refractivity contribution is -0.139. The molecule has 0 spiro atoms. The number of amides is 1. The van der Waals surface area contributed by atoms with Crippen LogP contribution < -0.4 is 16.2 Å². The molecule has 34 heavy (non-hydrogen) atoms. The second-order valence-corrected chi connectivity index (χ2v) is 9.26. The highest BCUT2D eigenvalue weighted by atomic mass is 35.5. The van der Waals surface area contributed by atoms with Gasteiger partial charge >= 0.3 is 6.18 Å². The summed E-state index contributed by atoms with van der Waals surface area (Å²) in [6.45, 7) is 1.14. The maximum atomic E-state index is 13.5. The van der Waals surface area contributed by atoms with Gasteiger partial charge in [-0.15, -0.1) is 0 Å². The fraction of sp³-hybridized carbons (Fsp3) is 0.522. The molecule has 3 heterocycles. The minimum atomic E-state index is -4.53. The van der Waals surface area contributed by atoms with Crippen LogP contribution in [0.15, 0.2) is 35.3 Å². The van der Waals surface area contributed by atoms with E-state index in [0.29, 0.717) is 31.8 Å². The Labute approximate surface area is 199 Å². The number of carbonyl (C=O) groups is 1. The van der Waals surface area contributed by atoms with E-state index in [0.717, 1.165) is 18.9 Å². The fourth-order valence-electron chi connectivity index (χ4n) is 4.78. The first-order chi connectivity index (χ1) is 16.1. The van der Waals surface area contributed by atoms with Gasteiger partial charge in [0.25, 0.3) is 5.56 Å². The molecule has 184 valence electrons. The van der Waals surface area contributed by atoms with Crippen LogP contribution in [-0.2, 0) is 22.1 Å². The van der Waals surface area contributed by atoms with Crippen LogP contribution >= 0.6 is 11.6 Å². The maximum absolute atomic E-state index is 13.5. The Morgan fingerprint density at radius 3 is 2.56 bits per heavy atom. The first kappa shape index (κ1) is 24.5. The third kappa shape index (κ3) is 4.79. The van der Waals surface area contributed by atoms with Crippen molar-refractivity contribution >= 4 is 23.2 Å². The van der Waals surface area contributed by atoms with E-state index in [4.69, 9.17) is 22.1 Å². The molecule has 11 heteroatoms. The van der Waals surface area contributed by atoms with E-state index in [1.165, 1.54) is 29.1 Å². The van der Waals surface area contributed by atoms with Gasteiger partial charge in [-0.05, 0) is 50.2 Å². The molecule has 2 aromatic rings. The molecule has 1 aromatic heterocycles. The van der Waals surface area contributed by atoms with Crippen LogP contribution in [0.1, 0.15) is 49.5 Å². The SMILES string of the molecule is NC(=O)C1(Cc2ccccc2C(F)(F)F)CCN(c2cnn(C3CCCCO3)c(=O)c2Cl)CC1. The summed E-state index contributed by atoms with van der Waals surface area (Å²) in [6.07, 6.45) is -0.619. The number of primary amides is 1. The van der Waals surface area contributed by atoms with E-state index in [2.05, 4.69) is 5.10 Å². The molecule has 1 atom stereocenters. The third-order valence-corrected chi connectivity index (χ3v) is 7.14. The minimum absolute atomic E-state index is 0.00170. The van der Waals surface area contributed by atoms with E-state index in [-0.39, 0.29) is 29.8 Å².